The van der Waals surface area contributed by atoms with Crippen LogP contribution in [0.1, 0.15) is 31.1 Å². The normalized spacial score (nSPS) is 27.8. The van der Waals surface area contributed by atoms with Gasteiger partial charge < -0.3 is 9.84 Å². The van der Waals surface area contributed by atoms with Gasteiger partial charge in [0.1, 0.15) is 6.23 Å². The van der Waals surface area contributed by atoms with Crippen LogP contribution in [-0.4, -0.2) is 59.2 Å². The molecule has 0 aromatic carbocycles. The highest BCUT2D eigenvalue weighted by atomic mass is 32.2. The maximum Gasteiger partial charge on any atom is 0.330 e. The molecule has 1 aromatic heterocycles. The molecule has 0 saturated carbocycles. The molecule has 11 heteroatoms. The third-order valence-corrected chi connectivity index (χ3v) is 6.11. The first-order valence-electron chi connectivity index (χ1n) is 8.18. The van der Waals surface area contributed by atoms with Gasteiger partial charge in [0, 0.05) is 37.8 Å². The van der Waals surface area contributed by atoms with Crippen LogP contribution < -0.4 is 16.0 Å². The molecule has 3 atom stereocenters. The van der Waals surface area contributed by atoms with Gasteiger partial charge in [-0.1, -0.05) is 0 Å². The molecule has 0 aliphatic carbocycles. The Labute approximate surface area is 144 Å². The summed E-state index contributed by atoms with van der Waals surface area (Å²) in [4.78, 5) is 25.5. The molecule has 2 aliphatic heterocycles. The third kappa shape index (κ3) is 3.85. The highest BCUT2D eigenvalue weighted by Crippen LogP contribution is 2.27. The van der Waals surface area contributed by atoms with E-state index in [2.05, 4.69) is 9.71 Å². The fraction of sp³-hybridized carbons (Fsp3) is 0.714. The lowest BCUT2D eigenvalue weighted by atomic mass is 10.2. The quantitative estimate of drug-likeness (QED) is 0.570. The summed E-state index contributed by atoms with van der Waals surface area (Å²) in [5.74, 6) is 0. The predicted molar refractivity (Wildman–Crippen MR) is 88.3 cm³/mol. The van der Waals surface area contributed by atoms with Crippen LogP contribution in [0.2, 0.25) is 0 Å². The Hall–Kier alpha value is -1.53. The number of nitrogens with zero attached hydrogens (tertiary/aromatic N) is 2. The molecule has 25 heavy (non-hydrogen) atoms. The zero-order chi connectivity index (χ0) is 18.2. The average molecular weight is 374 g/mol. The van der Waals surface area contributed by atoms with E-state index < -0.39 is 39.9 Å². The lowest BCUT2D eigenvalue weighted by molar-refractivity contribution is -0.0170. The first-order chi connectivity index (χ1) is 11.8. The number of nitrogens with one attached hydrogen (secondary N) is 2. The molecule has 1 aromatic rings. The van der Waals surface area contributed by atoms with Crippen molar-refractivity contribution in [3.05, 3.63) is 32.6 Å². The molecule has 0 unspecified atom stereocenters. The van der Waals surface area contributed by atoms with Gasteiger partial charge in [-0.2, -0.15) is 17.4 Å². The Balaban J connectivity index is 1.67. The number of aryl methyl sites for hydroxylation is 1. The number of rotatable bonds is 5. The smallest absolute Gasteiger partial charge is 0.330 e. The van der Waals surface area contributed by atoms with E-state index in [1.165, 1.54) is 15.1 Å². The largest absolute Gasteiger partial charge is 0.390 e. The molecule has 2 aliphatic rings. The van der Waals surface area contributed by atoms with Gasteiger partial charge in [0.15, 0.2) is 0 Å². The summed E-state index contributed by atoms with van der Waals surface area (Å²) in [6.45, 7) is 2.44. The van der Waals surface area contributed by atoms with E-state index in [4.69, 9.17) is 4.74 Å². The number of hydrogen-bond donors (Lipinski definition) is 3. The number of H-pyrrole nitrogens is 1. The highest BCUT2D eigenvalue weighted by Gasteiger charge is 2.37. The molecule has 0 amide bonds. The number of aromatic nitrogens is 2. The van der Waals surface area contributed by atoms with Gasteiger partial charge in [0.25, 0.3) is 15.8 Å². The molecule has 140 valence electrons. The van der Waals surface area contributed by atoms with E-state index in [1.807, 2.05) is 0 Å². The van der Waals surface area contributed by atoms with Crippen LogP contribution >= 0.6 is 0 Å². The minimum absolute atomic E-state index is 0.0897. The van der Waals surface area contributed by atoms with Crippen LogP contribution in [0, 0.1) is 6.92 Å². The lowest BCUT2D eigenvalue weighted by Gasteiger charge is -2.20. The predicted octanol–water partition coefficient (Wildman–Crippen LogP) is -1.58. The van der Waals surface area contributed by atoms with Gasteiger partial charge in [-0.15, -0.1) is 0 Å². The maximum absolute atomic E-state index is 12.2. The van der Waals surface area contributed by atoms with E-state index in [0.717, 1.165) is 12.8 Å². The maximum atomic E-state index is 12.2. The van der Waals surface area contributed by atoms with Crippen molar-refractivity contribution in [3.8, 4) is 0 Å². The Morgan fingerprint density at radius 2 is 2.04 bits per heavy atom. The molecule has 0 radical (unpaired) electrons. The summed E-state index contributed by atoms with van der Waals surface area (Å²) >= 11 is 0. The Kier molecular flexibility index (Phi) is 5.11. The lowest BCUT2D eigenvalue weighted by Crippen LogP contribution is -2.44. The number of aliphatic hydroxyl groups excluding tert-OH is 1. The second kappa shape index (κ2) is 7.00. The van der Waals surface area contributed by atoms with Gasteiger partial charge >= 0.3 is 5.69 Å². The van der Waals surface area contributed by atoms with Crippen molar-refractivity contribution in [2.24, 2.45) is 0 Å². The molecular formula is C14H22N4O6S. The highest BCUT2D eigenvalue weighted by molar-refractivity contribution is 7.87. The van der Waals surface area contributed by atoms with Crippen molar-refractivity contribution in [1.82, 2.24) is 18.6 Å². The van der Waals surface area contributed by atoms with Crippen LogP contribution in [0.5, 0.6) is 0 Å². The zero-order valence-corrected chi connectivity index (χ0v) is 14.7. The molecule has 3 rings (SSSR count). The number of aliphatic hydroxyl groups is 1. The van der Waals surface area contributed by atoms with E-state index >= 15 is 0 Å². The van der Waals surface area contributed by atoms with Gasteiger partial charge in [0.2, 0.25) is 0 Å². The second-order valence-electron chi connectivity index (χ2n) is 6.37. The molecule has 0 bridgehead atoms. The average Bonchev–Trinajstić information content (AvgIpc) is 3.19. The van der Waals surface area contributed by atoms with Crippen LogP contribution in [0.25, 0.3) is 0 Å². The van der Waals surface area contributed by atoms with E-state index in [9.17, 15) is 23.1 Å². The molecule has 3 N–H and O–H groups in total. The Morgan fingerprint density at radius 3 is 2.72 bits per heavy atom. The zero-order valence-electron chi connectivity index (χ0n) is 13.8. The Bertz CT molecular complexity index is 842. The number of hydrogen-bond acceptors (Lipinski definition) is 6. The van der Waals surface area contributed by atoms with Crippen LogP contribution in [0.15, 0.2) is 15.8 Å². The molecular weight excluding hydrogens is 352 g/mol. The van der Waals surface area contributed by atoms with Crippen molar-refractivity contribution in [2.45, 2.75) is 44.6 Å². The third-order valence-electron chi connectivity index (χ3n) is 4.53. The number of aromatic amines is 1. The van der Waals surface area contributed by atoms with Gasteiger partial charge in [-0.25, -0.2) is 4.79 Å². The topological polar surface area (TPSA) is 134 Å². The van der Waals surface area contributed by atoms with E-state index in [0.29, 0.717) is 18.7 Å². The minimum atomic E-state index is -3.60. The van der Waals surface area contributed by atoms with Crippen molar-refractivity contribution in [1.29, 1.82) is 0 Å². The van der Waals surface area contributed by atoms with Gasteiger partial charge in [0.05, 0.1) is 12.2 Å². The summed E-state index contributed by atoms with van der Waals surface area (Å²) in [6, 6.07) is 0. The standard InChI is InChI=1S/C14H22N4O6S/c1-9-8-18(14(21)16-13(9)20)12-6-10(19)11(24-12)7-15-25(22,23)17-4-2-3-5-17/h8,10-12,15,19H,2-7H2,1H3,(H,16,20,21)/t10-,11+,12+/m0/s1. The SMILES string of the molecule is Cc1cn([C@H]2C[C@H](O)[C@@H](CNS(=O)(=O)N3CCCC3)O2)c(=O)[nH]c1=O. The summed E-state index contributed by atoms with van der Waals surface area (Å²) in [5.41, 5.74) is -0.767. The van der Waals surface area contributed by atoms with Crippen molar-refractivity contribution >= 4 is 10.2 Å². The minimum Gasteiger partial charge on any atom is -0.390 e. The summed E-state index contributed by atoms with van der Waals surface area (Å²) in [6.07, 6.45) is 0.697. The van der Waals surface area contributed by atoms with Crippen LogP contribution in [0.4, 0.5) is 0 Å². The molecule has 2 saturated heterocycles. The first-order valence-corrected chi connectivity index (χ1v) is 9.62. The van der Waals surface area contributed by atoms with E-state index in [-0.39, 0.29) is 13.0 Å². The molecule has 0 spiro atoms. The van der Waals surface area contributed by atoms with Crippen LogP contribution in [0.3, 0.4) is 0 Å². The molecule has 10 nitrogen and oxygen atoms in total. The summed E-state index contributed by atoms with van der Waals surface area (Å²) in [5, 5.41) is 10.1. The Morgan fingerprint density at radius 1 is 1.36 bits per heavy atom. The fourth-order valence-electron chi connectivity index (χ4n) is 3.08. The monoisotopic (exact) mass is 374 g/mol. The van der Waals surface area contributed by atoms with Crippen molar-refractivity contribution < 1.29 is 18.3 Å². The fourth-order valence-corrected chi connectivity index (χ4v) is 4.37. The number of ether oxygens (including phenoxy) is 1. The van der Waals surface area contributed by atoms with Crippen LogP contribution in [-0.2, 0) is 14.9 Å². The summed E-state index contributed by atoms with van der Waals surface area (Å²) < 4.78 is 35.0. The molecule has 2 fully saturated rings. The van der Waals surface area contributed by atoms with E-state index in [1.54, 1.807) is 6.92 Å². The molecule has 3 heterocycles. The van der Waals surface area contributed by atoms with Crippen molar-refractivity contribution in [3.63, 3.8) is 0 Å². The summed E-state index contributed by atoms with van der Waals surface area (Å²) in [7, 11) is -3.60. The van der Waals surface area contributed by atoms with Crippen molar-refractivity contribution in [2.75, 3.05) is 19.6 Å². The van der Waals surface area contributed by atoms with Gasteiger partial charge in [-0.3, -0.25) is 14.3 Å². The second-order valence-corrected chi connectivity index (χ2v) is 8.13. The first kappa shape index (κ1) is 18.3. The van der Waals surface area contributed by atoms with Gasteiger partial charge in [-0.05, 0) is 19.8 Å².